The molecule has 2 aromatic rings. The smallest absolute Gasteiger partial charge is 0.191 e. The van der Waals surface area contributed by atoms with E-state index in [1.54, 1.807) is 12.1 Å². The Balaban J connectivity index is 1.71. The molecule has 0 saturated carbocycles. The molecular weight excluding hydrogens is 250 g/mol. The molecular formula is C17H15NO2. The molecule has 20 heavy (non-hydrogen) atoms. The van der Waals surface area contributed by atoms with Crippen molar-refractivity contribution in [2.45, 2.75) is 6.04 Å². The Morgan fingerprint density at radius 1 is 1.05 bits per heavy atom. The molecule has 3 nitrogen and oxygen atoms in total. The topological polar surface area (TPSA) is 38.3 Å². The molecule has 1 saturated heterocycles. The predicted octanol–water partition coefficient (Wildman–Crippen LogP) is 3.07. The first-order valence-corrected chi connectivity index (χ1v) is 6.58. The van der Waals surface area contributed by atoms with Gasteiger partial charge in [0.15, 0.2) is 11.7 Å². The zero-order valence-electron chi connectivity index (χ0n) is 11.0. The van der Waals surface area contributed by atoms with Gasteiger partial charge < -0.3 is 10.1 Å². The van der Waals surface area contributed by atoms with Crippen LogP contribution in [0.25, 0.3) is 0 Å². The minimum Gasteiger partial charge on any atom is -0.477 e. The first-order chi connectivity index (χ1) is 9.83. The third kappa shape index (κ3) is 2.72. The van der Waals surface area contributed by atoms with Gasteiger partial charge in [-0.15, -0.1) is 0 Å². The van der Waals surface area contributed by atoms with E-state index in [0.717, 1.165) is 5.56 Å². The highest BCUT2D eigenvalue weighted by molar-refractivity contribution is 6.04. The highest BCUT2D eigenvalue weighted by Gasteiger charge is 2.21. The van der Waals surface area contributed by atoms with Crippen LogP contribution in [0.15, 0.2) is 72.6 Å². The van der Waals surface area contributed by atoms with Gasteiger partial charge in [0.2, 0.25) is 0 Å². The number of ether oxygens (including phenoxy) is 1. The summed E-state index contributed by atoms with van der Waals surface area (Å²) in [6.07, 6.45) is 1.51. The molecule has 2 aromatic carbocycles. The lowest BCUT2D eigenvalue weighted by molar-refractivity contribution is 0.104. The SMILES string of the molecule is O=C(/C=C1\N[C@@H](c2ccccc2)CO1)c1ccccc1. The standard InChI is InChI=1S/C17H15NO2/c19-16(14-9-5-2-6-10-14)11-17-18-15(12-20-17)13-7-3-1-4-8-13/h1-11,15,18H,12H2/b17-11+/t15-/m1/s1. The number of hydrogen-bond acceptors (Lipinski definition) is 3. The molecule has 3 rings (SSSR count). The van der Waals surface area contributed by atoms with E-state index in [9.17, 15) is 4.79 Å². The van der Waals surface area contributed by atoms with E-state index < -0.39 is 0 Å². The van der Waals surface area contributed by atoms with Crippen LogP contribution in [0.5, 0.6) is 0 Å². The summed E-state index contributed by atoms with van der Waals surface area (Å²) in [4.78, 5) is 12.0. The highest BCUT2D eigenvalue weighted by Crippen LogP contribution is 2.21. The second-order valence-corrected chi connectivity index (χ2v) is 4.66. The summed E-state index contributed by atoms with van der Waals surface area (Å²) in [5, 5.41) is 3.23. The van der Waals surface area contributed by atoms with E-state index in [-0.39, 0.29) is 11.8 Å². The van der Waals surface area contributed by atoms with E-state index in [1.807, 2.05) is 48.5 Å². The van der Waals surface area contributed by atoms with Crippen molar-refractivity contribution in [1.29, 1.82) is 0 Å². The normalized spacial score (nSPS) is 19.4. The van der Waals surface area contributed by atoms with Gasteiger partial charge in [0.25, 0.3) is 0 Å². The average Bonchev–Trinajstić information content (AvgIpc) is 2.97. The second kappa shape index (κ2) is 5.61. The number of hydrogen-bond donors (Lipinski definition) is 1. The van der Waals surface area contributed by atoms with Gasteiger partial charge in [0.05, 0.1) is 6.04 Å². The fourth-order valence-corrected chi connectivity index (χ4v) is 2.18. The Hall–Kier alpha value is -2.55. The number of ketones is 1. The molecule has 100 valence electrons. The zero-order chi connectivity index (χ0) is 13.8. The summed E-state index contributed by atoms with van der Waals surface area (Å²) in [5.74, 6) is 0.481. The lowest BCUT2D eigenvalue weighted by atomic mass is 10.1. The van der Waals surface area contributed by atoms with Gasteiger partial charge in [-0.1, -0.05) is 60.7 Å². The fraction of sp³-hybridized carbons (Fsp3) is 0.118. The van der Waals surface area contributed by atoms with E-state index >= 15 is 0 Å². The summed E-state index contributed by atoms with van der Waals surface area (Å²) in [6.45, 7) is 0.540. The molecule has 0 spiro atoms. The quantitative estimate of drug-likeness (QED) is 0.684. The van der Waals surface area contributed by atoms with Crippen molar-refractivity contribution in [2.75, 3.05) is 6.61 Å². The van der Waals surface area contributed by atoms with Gasteiger partial charge in [-0.25, -0.2) is 0 Å². The maximum Gasteiger partial charge on any atom is 0.191 e. The molecule has 1 fully saturated rings. The van der Waals surface area contributed by atoms with Crippen molar-refractivity contribution < 1.29 is 9.53 Å². The number of allylic oxidation sites excluding steroid dienone is 1. The lowest BCUT2D eigenvalue weighted by Crippen LogP contribution is -2.14. The Morgan fingerprint density at radius 3 is 2.40 bits per heavy atom. The van der Waals surface area contributed by atoms with Crippen LogP contribution in [0.3, 0.4) is 0 Å². The molecule has 0 amide bonds. The third-order valence-electron chi connectivity index (χ3n) is 3.24. The van der Waals surface area contributed by atoms with Crippen molar-refractivity contribution in [3.8, 4) is 0 Å². The van der Waals surface area contributed by atoms with Crippen LogP contribution in [-0.4, -0.2) is 12.4 Å². The molecule has 0 unspecified atom stereocenters. The molecule has 1 N–H and O–H groups in total. The van der Waals surface area contributed by atoms with Crippen LogP contribution < -0.4 is 5.32 Å². The summed E-state index contributed by atoms with van der Waals surface area (Å²) >= 11 is 0. The van der Waals surface area contributed by atoms with Crippen LogP contribution in [0.4, 0.5) is 0 Å². The van der Waals surface area contributed by atoms with Crippen molar-refractivity contribution in [1.82, 2.24) is 5.32 Å². The number of nitrogens with one attached hydrogen (secondary N) is 1. The lowest BCUT2D eigenvalue weighted by Gasteiger charge is -2.07. The minimum atomic E-state index is -0.0539. The Kier molecular flexibility index (Phi) is 3.50. The van der Waals surface area contributed by atoms with Gasteiger partial charge in [0, 0.05) is 11.6 Å². The van der Waals surface area contributed by atoms with Crippen LogP contribution in [0, 0.1) is 0 Å². The average molecular weight is 265 g/mol. The van der Waals surface area contributed by atoms with Crippen LogP contribution in [0.1, 0.15) is 22.0 Å². The number of rotatable bonds is 3. The largest absolute Gasteiger partial charge is 0.477 e. The predicted molar refractivity (Wildman–Crippen MR) is 77.1 cm³/mol. The van der Waals surface area contributed by atoms with Crippen molar-refractivity contribution >= 4 is 5.78 Å². The van der Waals surface area contributed by atoms with Gasteiger partial charge in [-0.05, 0) is 5.56 Å². The van der Waals surface area contributed by atoms with Crippen LogP contribution in [0.2, 0.25) is 0 Å². The first-order valence-electron chi connectivity index (χ1n) is 6.58. The van der Waals surface area contributed by atoms with Crippen molar-refractivity contribution in [3.05, 3.63) is 83.7 Å². The number of carbonyl (C=O) groups excluding carboxylic acids is 1. The van der Waals surface area contributed by atoms with E-state index in [2.05, 4.69) is 5.32 Å². The minimum absolute atomic E-state index is 0.0539. The zero-order valence-corrected chi connectivity index (χ0v) is 11.0. The van der Waals surface area contributed by atoms with Crippen LogP contribution >= 0.6 is 0 Å². The molecule has 1 heterocycles. The number of benzene rings is 2. The Morgan fingerprint density at radius 2 is 1.70 bits per heavy atom. The van der Waals surface area contributed by atoms with Gasteiger partial charge >= 0.3 is 0 Å². The van der Waals surface area contributed by atoms with E-state index in [1.165, 1.54) is 6.08 Å². The molecule has 0 aromatic heterocycles. The molecule has 3 heteroatoms. The maximum absolute atomic E-state index is 12.0. The summed E-state index contributed by atoms with van der Waals surface area (Å²) in [6, 6.07) is 19.3. The number of carbonyl (C=O) groups is 1. The molecule has 0 aliphatic carbocycles. The van der Waals surface area contributed by atoms with Crippen LogP contribution in [-0.2, 0) is 4.74 Å². The summed E-state index contributed by atoms with van der Waals surface area (Å²) in [7, 11) is 0. The van der Waals surface area contributed by atoms with Gasteiger partial charge in [0.1, 0.15) is 6.61 Å². The third-order valence-corrected chi connectivity index (χ3v) is 3.24. The van der Waals surface area contributed by atoms with Crippen molar-refractivity contribution in [3.63, 3.8) is 0 Å². The van der Waals surface area contributed by atoms with E-state index in [4.69, 9.17) is 4.74 Å². The molecule has 0 bridgehead atoms. The first kappa shape index (κ1) is 12.5. The van der Waals surface area contributed by atoms with E-state index in [0.29, 0.717) is 18.1 Å². The molecule has 1 aliphatic rings. The summed E-state index contributed by atoms with van der Waals surface area (Å²) < 4.78 is 5.54. The summed E-state index contributed by atoms with van der Waals surface area (Å²) in [5.41, 5.74) is 1.82. The monoisotopic (exact) mass is 265 g/mol. The van der Waals surface area contributed by atoms with Gasteiger partial charge in [-0.3, -0.25) is 4.79 Å². The van der Waals surface area contributed by atoms with Crippen molar-refractivity contribution in [2.24, 2.45) is 0 Å². The highest BCUT2D eigenvalue weighted by atomic mass is 16.5. The van der Waals surface area contributed by atoms with Gasteiger partial charge in [-0.2, -0.15) is 0 Å². The molecule has 1 atom stereocenters. The Labute approximate surface area is 117 Å². The molecule has 1 aliphatic heterocycles. The Bertz CT molecular complexity index is 620. The second-order valence-electron chi connectivity index (χ2n) is 4.66. The molecule has 0 radical (unpaired) electrons. The maximum atomic E-state index is 12.0. The fourth-order valence-electron chi connectivity index (χ4n) is 2.18.